The smallest absolute Gasteiger partial charge is 0.416 e. The molecule has 36 heavy (non-hydrogen) atoms. The number of piperazine rings is 1. The third kappa shape index (κ3) is 5.46. The highest BCUT2D eigenvalue weighted by atomic mass is 35.5. The standard InChI is InChI=1S/C22H24F3N7O3.ClH/c1-12-17-18(32-6-4-30(2)5-7-32)16(11-26-19(17)31(3)29-12)20(34)28-21(35)27-14-8-13(22(23,24)25)9-15(33)10-14;/h8-11,33H,4-7H2,1-3H3,(H2,27,28,34,35);1H. The summed E-state index contributed by atoms with van der Waals surface area (Å²) in [6, 6.07) is 1.09. The van der Waals surface area contributed by atoms with Crippen LogP contribution in [0.15, 0.2) is 24.4 Å². The van der Waals surface area contributed by atoms with Crippen molar-refractivity contribution in [3.05, 3.63) is 41.2 Å². The number of urea groups is 1. The molecule has 0 unspecified atom stereocenters. The van der Waals surface area contributed by atoms with E-state index in [0.717, 1.165) is 19.2 Å². The van der Waals surface area contributed by atoms with E-state index in [9.17, 15) is 27.9 Å². The third-order valence-electron chi connectivity index (χ3n) is 5.79. The summed E-state index contributed by atoms with van der Waals surface area (Å²) in [6.45, 7) is 4.62. The van der Waals surface area contributed by atoms with E-state index in [-0.39, 0.29) is 23.7 Å². The van der Waals surface area contributed by atoms with Crippen LogP contribution in [-0.2, 0) is 13.2 Å². The first kappa shape index (κ1) is 27.0. The van der Waals surface area contributed by atoms with Crippen LogP contribution < -0.4 is 15.5 Å². The monoisotopic (exact) mass is 527 g/mol. The number of anilines is 2. The number of hydrogen-bond acceptors (Lipinski definition) is 7. The van der Waals surface area contributed by atoms with E-state index in [2.05, 4.69) is 25.6 Å². The van der Waals surface area contributed by atoms with E-state index in [0.29, 0.717) is 47.6 Å². The molecule has 10 nitrogen and oxygen atoms in total. The van der Waals surface area contributed by atoms with Crippen molar-refractivity contribution in [1.82, 2.24) is 25.0 Å². The summed E-state index contributed by atoms with van der Waals surface area (Å²) in [5.41, 5.74) is 0.520. The average Bonchev–Trinajstić information content (AvgIpc) is 3.06. The van der Waals surface area contributed by atoms with Gasteiger partial charge in [0.1, 0.15) is 5.75 Å². The SMILES string of the molecule is Cc1nn(C)c2ncc(C(=O)NC(=O)Nc3cc(O)cc(C(F)(F)F)c3)c(N3CCN(C)CC3)c12.Cl. The van der Waals surface area contributed by atoms with Gasteiger partial charge in [-0.1, -0.05) is 0 Å². The molecule has 14 heteroatoms. The number of nitrogens with one attached hydrogen (secondary N) is 2. The molecule has 194 valence electrons. The molecule has 1 aliphatic rings. The molecule has 3 aromatic rings. The Bertz CT molecular complexity index is 1300. The first-order valence-electron chi connectivity index (χ1n) is 10.7. The molecule has 0 spiro atoms. The number of carbonyl (C=O) groups is 2. The lowest BCUT2D eigenvalue weighted by molar-refractivity contribution is -0.137. The van der Waals surface area contributed by atoms with Gasteiger partial charge in [0.2, 0.25) is 0 Å². The Labute approximate surface area is 210 Å². The van der Waals surface area contributed by atoms with Crippen LogP contribution in [0.25, 0.3) is 11.0 Å². The normalized spacial score (nSPS) is 14.4. The zero-order valence-electron chi connectivity index (χ0n) is 19.7. The number of aromatic hydroxyl groups is 1. The van der Waals surface area contributed by atoms with Crippen molar-refractivity contribution in [1.29, 1.82) is 0 Å². The summed E-state index contributed by atoms with van der Waals surface area (Å²) in [5.74, 6) is -1.45. The Morgan fingerprint density at radius 3 is 2.39 bits per heavy atom. The fraction of sp³-hybridized carbons (Fsp3) is 0.364. The number of alkyl halides is 3. The number of imide groups is 1. The first-order chi connectivity index (χ1) is 16.4. The molecule has 1 saturated heterocycles. The number of aromatic nitrogens is 3. The van der Waals surface area contributed by atoms with Crippen LogP contribution in [0, 0.1) is 6.92 Å². The summed E-state index contributed by atoms with van der Waals surface area (Å²) in [7, 11) is 3.74. The molecule has 3 N–H and O–H groups in total. The summed E-state index contributed by atoms with van der Waals surface area (Å²) >= 11 is 0. The van der Waals surface area contributed by atoms with Crippen molar-refractivity contribution in [3.63, 3.8) is 0 Å². The minimum absolute atomic E-state index is 0. The molecule has 1 aromatic carbocycles. The van der Waals surface area contributed by atoms with Crippen LogP contribution in [0.3, 0.4) is 0 Å². The van der Waals surface area contributed by atoms with Gasteiger partial charge in [-0.2, -0.15) is 18.3 Å². The number of nitrogens with zero attached hydrogens (tertiary/aromatic N) is 5. The number of amides is 3. The number of hydrogen-bond donors (Lipinski definition) is 3. The van der Waals surface area contributed by atoms with Gasteiger partial charge in [-0.05, 0) is 26.1 Å². The van der Waals surface area contributed by atoms with E-state index in [1.807, 2.05) is 11.9 Å². The average molecular weight is 528 g/mol. The van der Waals surface area contributed by atoms with Crippen molar-refractivity contribution >= 4 is 46.8 Å². The largest absolute Gasteiger partial charge is 0.508 e. The fourth-order valence-electron chi connectivity index (χ4n) is 4.10. The molecule has 1 fully saturated rings. The molecule has 0 saturated carbocycles. The molecular formula is C22H25ClF3N7O3. The molecule has 0 aliphatic carbocycles. The number of phenols is 1. The van der Waals surface area contributed by atoms with Crippen molar-refractivity contribution in [2.75, 3.05) is 43.4 Å². The molecule has 4 rings (SSSR count). The molecule has 1 aliphatic heterocycles. The fourth-order valence-corrected chi connectivity index (χ4v) is 4.10. The van der Waals surface area contributed by atoms with Crippen LogP contribution >= 0.6 is 12.4 Å². The number of phenolic OH excluding ortho intramolecular Hbond substituents is 1. The van der Waals surface area contributed by atoms with Gasteiger partial charge in [0.25, 0.3) is 5.91 Å². The summed E-state index contributed by atoms with van der Waals surface area (Å²) in [6.07, 6.45) is -3.36. The van der Waals surface area contributed by atoms with Gasteiger partial charge in [0.05, 0.1) is 27.9 Å². The highest BCUT2D eigenvalue weighted by Crippen LogP contribution is 2.34. The van der Waals surface area contributed by atoms with Gasteiger partial charge in [0, 0.05) is 51.2 Å². The van der Waals surface area contributed by atoms with Crippen molar-refractivity contribution in [3.8, 4) is 5.75 Å². The number of halogens is 4. The Morgan fingerprint density at radius 2 is 1.75 bits per heavy atom. The van der Waals surface area contributed by atoms with E-state index in [1.54, 1.807) is 18.7 Å². The summed E-state index contributed by atoms with van der Waals surface area (Å²) in [5, 5.41) is 19.0. The van der Waals surface area contributed by atoms with Crippen LogP contribution in [0.2, 0.25) is 0 Å². The number of pyridine rings is 1. The Hall–Kier alpha value is -3.58. The van der Waals surface area contributed by atoms with E-state index in [1.165, 1.54) is 6.20 Å². The maximum Gasteiger partial charge on any atom is 0.416 e. The minimum Gasteiger partial charge on any atom is -0.508 e. The lowest BCUT2D eigenvalue weighted by Crippen LogP contribution is -2.45. The highest BCUT2D eigenvalue weighted by molar-refractivity contribution is 6.13. The molecular weight excluding hydrogens is 503 g/mol. The van der Waals surface area contributed by atoms with E-state index in [4.69, 9.17) is 0 Å². The second-order valence-electron chi connectivity index (χ2n) is 8.39. The predicted octanol–water partition coefficient (Wildman–Crippen LogP) is 3.14. The van der Waals surface area contributed by atoms with Crippen LogP contribution in [0.1, 0.15) is 21.6 Å². The van der Waals surface area contributed by atoms with Gasteiger partial charge in [-0.15, -0.1) is 12.4 Å². The van der Waals surface area contributed by atoms with Crippen LogP contribution in [0.4, 0.5) is 29.3 Å². The van der Waals surface area contributed by atoms with Crippen molar-refractivity contribution < 1.29 is 27.9 Å². The molecule has 0 atom stereocenters. The second-order valence-corrected chi connectivity index (χ2v) is 8.39. The van der Waals surface area contributed by atoms with Gasteiger partial charge in [-0.3, -0.25) is 14.8 Å². The number of likely N-dealkylation sites (N-methyl/N-ethyl adjacent to an activating group) is 1. The summed E-state index contributed by atoms with van der Waals surface area (Å²) in [4.78, 5) is 34.1. The lowest BCUT2D eigenvalue weighted by atomic mass is 10.1. The number of rotatable bonds is 3. The maximum atomic E-state index is 13.1. The van der Waals surface area contributed by atoms with Crippen LogP contribution in [-0.4, -0.2) is 69.9 Å². The third-order valence-corrected chi connectivity index (χ3v) is 5.79. The second kappa shape index (κ2) is 10.2. The Balaban J connectivity index is 0.00000361. The lowest BCUT2D eigenvalue weighted by Gasteiger charge is -2.35. The molecule has 3 amide bonds. The van der Waals surface area contributed by atoms with Crippen LogP contribution in [0.5, 0.6) is 5.75 Å². The number of fused-ring (bicyclic) bond motifs is 1. The zero-order chi connectivity index (χ0) is 25.5. The van der Waals surface area contributed by atoms with Gasteiger partial charge in [0.15, 0.2) is 5.65 Å². The predicted molar refractivity (Wildman–Crippen MR) is 130 cm³/mol. The topological polar surface area (TPSA) is 116 Å². The van der Waals surface area contributed by atoms with Crippen molar-refractivity contribution in [2.24, 2.45) is 7.05 Å². The van der Waals surface area contributed by atoms with Gasteiger partial charge >= 0.3 is 12.2 Å². The Morgan fingerprint density at radius 1 is 1.08 bits per heavy atom. The maximum absolute atomic E-state index is 13.1. The van der Waals surface area contributed by atoms with Crippen molar-refractivity contribution in [2.45, 2.75) is 13.1 Å². The number of carbonyl (C=O) groups excluding carboxylic acids is 2. The molecule has 0 radical (unpaired) electrons. The Kier molecular flexibility index (Phi) is 7.65. The zero-order valence-corrected chi connectivity index (χ0v) is 20.5. The summed E-state index contributed by atoms with van der Waals surface area (Å²) < 4.78 is 40.6. The number of benzene rings is 1. The molecule has 3 heterocycles. The number of aryl methyl sites for hydroxylation is 2. The quantitative estimate of drug-likeness (QED) is 0.479. The van der Waals surface area contributed by atoms with Gasteiger partial charge in [-0.25, -0.2) is 9.78 Å². The molecule has 2 aromatic heterocycles. The highest BCUT2D eigenvalue weighted by Gasteiger charge is 2.32. The van der Waals surface area contributed by atoms with Gasteiger partial charge < -0.3 is 20.2 Å². The first-order valence-corrected chi connectivity index (χ1v) is 10.7. The molecule has 0 bridgehead atoms. The minimum atomic E-state index is -4.72. The van der Waals surface area contributed by atoms with E-state index < -0.39 is 29.4 Å². The van der Waals surface area contributed by atoms with E-state index >= 15 is 0 Å².